The molecule has 2 aliphatic rings. The molecule has 1 aliphatic carbocycles. The molecular weight excluding hydrogens is 527 g/mol. The fourth-order valence-electron chi connectivity index (χ4n) is 5.76. The summed E-state index contributed by atoms with van der Waals surface area (Å²) in [6, 6.07) is 5.27. The zero-order chi connectivity index (χ0) is 29.5. The monoisotopic (exact) mass is 567 g/mol. The van der Waals surface area contributed by atoms with Gasteiger partial charge in [0.25, 0.3) is 0 Å². The molecule has 1 N–H and O–H groups in total. The summed E-state index contributed by atoms with van der Waals surface area (Å²) in [4.78, 5) is 26.9. The lowest BCUT2D eigenvalue weighted by Gasteiger charge is -2.20. The molecule has 1 aromatic carbocycles. The van der Waals surface area contributed by atoms with Crippen LogP contribution in [-0.2, 0) is 9.47 Å². The Morgan fingerprint density at radius 1 is 0.975 bits per heavy atom. The SMILES string of the molecule is CC(C)(C)OC(=O)Nc1cn(C(=O)OC(C)(C)C)c2ccc(OCCC3CC4CN(CC(F)(F)F)CC4C3)cc12. The summed E-state index contributed by atoms with van der Waals surface area (Å²) in [7, 11) is 0. The number of rotatable bonds is 6. The number of likely N-dealkylation sites (tertiary alicyclic amines) is 1. The number of ether oxygens (including phenoxy) is 3. The van der Waals surface area contributed by atoms with Crippen LogP contribution >= 0.6 is 0 Å². The Balaban J connectivity index is 1.41. The Kier molecular flexibility index (Phi) is 8.36. The van der Waals surface area contributed by atoms with Crippen LogP contribution in [0, 0.1) is 17.8 Å². The summed E-state index contributed by atoms with van der Waals surface area (Å²) in [5.41, 5.74) is -0.477. The molecule has 0 bridgehead atoms. The van der Waals surface area contributed by atoms with E-state index < -0.39 is 36.1 Å². The van der Waals surface area contributed by atoms with Crippen molar-refractivity contribution in [2.45, 2.75) is 78.2 Å². The van der Waals surface area contributed by atoms with Gasteiger partial charge in [-0.1, -0.05) is 0 Å². The number of halogens is 3. The number of nitrogens with zero attached hydrogens (tertiary/aromatic N) is 2. The molecule has 1 amide bonds. The van der Waals surface area contributed by atoms with Gasteiger partial charge in [-0.2, -0.15) is 13.2 Å². The van der Waals surface area contributed by atoms with Crippen LogP contribution in [0.25, 0.3) is 10.9 Å². The predicted molar refractivity (Wildman–Crippen MR) is 146 cm³/mol. The minimum absolute atomic E-state index is 0.317. The maximum atomic E-state index is 12.9. The molecule has 8 nitrogen and oxygen atoms in total. The topological polar surface area (TPSA) is 82.0 Å². The van der Waals surface area contributed by atoms with E-state index in [1.54, 1.807) is 59.7 Å². The first kappa shape index (κ1) is 30.0. The highest BCUT2D eigenvalue weighted by atomic mass is 19.4. The van der Waals surface area contributed by atoms with E-state index in [-0.39, 0.29) is 0 Å². The van der Waals surface area contributed by atoms with Gasteiger partial charge in [-0.05, 0) is 96.8 Å². The summed E-state index contributed by atoms with van der Waals surface area (Å²) >= 11 is 0. The maximum absolute atomic E-state index is 12.9. The van der Waals surface area contributed by atoms with Gasteiger partial charge in [-0.25, -0.2) is 9.59 Å². The Hall–Kier alpha value is -2.95. The van der Waals surface area contributed by atoms with Gasteiger partial charge in [0.1, 0.15) is 17.0 Å². The molecule has 2 aromatic rings. The van der Waals surface area contributed by atoms with Crippen molar-refractivity contribution in [3.05, 3.63) is 24.4 Å². The number of alkyl halides is 3. The van der Waals surface area contributed by atoms with Gasteiger partial charge in [0.2, 0.25) is 0 Å². The zero-order valence-corrected chi connectivity index (χ0v) is 24.1. The number of carbonyl (C=O) groups excluding carboxylic acids is 2. The average molecular weight is 568 g/mol. The maximum Gasteiger partial charge on any atom is 0.419 e. The Bertz CT molecular complexity index is 1210. The van der Waals surface area contributed by atoms with Crippen molar-refractivity contribution in [3.63, 3.8) is 0 Å². The minimum Gasteiger partial charge on any atom is -0.494 e. The highest BCUT2D eigenvalue weighted by Gasteiger charge is 2.43. The van der Waals surface area contributed by atoms with E-state index in [0.29, 0.717) is 59.8 Å². The van der Waals surface area contributed by atoms with Crippen LogP contribution in [0.5, 0.6) is 5.75 Å². The van der Waals surface area contributed by atoms with Crippen molar-refractivity contribution in [2.24, 2.45) is 17.8 Å². The first-order valence-electron chi connectivity index (χ1n) is 13.8. The number of hydrogen-bond acceptors (Lipinski definition) is 6. The predicted octanol–water partition coefficient (Wildman–Crippen LogP) is 7.06. The molecule has 1 saturated carbocycles. The Morgan fingerprint density at radius 2 is 1.60 bits per heavy atom. The van der Waals surface area contributed by atoms with E-state index >= 15 is 0 Å². The number of anilines is 1. The van der Waals surface area contributed by atoms with E-state index in [9.17, 15) is 22.8 Å². The number of nitrogens with one attached hydrogen (secondary N) is 1. The molecular formula is C29H40F3N3O5. The van der Waals surface area contributed by atoms with Crippen molar-refractivity contribution in [1.29, 1.82) is 0 Å². The summed E-state index contributed by atoms with van der Waals surface area (Å²) in [5.74, 6) is 1.64. The molecule has 11 heteroatoms. The van der Waals surface area contributed by atoms with Crippen LogP contribution in [0.2, 0.25) is 0 Å². The van der Waals surface area contributed by atoms with Crippen LogP contribution in [-0.4, -0.2) is 65.3 Å². The lowest BCUT2D eigenvalue weighted by Crippen LogP contribution is -2.33. The van der Waals surface area contributed by atoms with Crippen LogP contribution in [0.3, 0.4) is 0 Å². The number of aromatic nitrogens is 1. The molecule has 222 valence electrons. The van der Waals surface area contributed by atoms with Crippen LogP contribution in [0.1, 0.15) is 60.8 Å². The third-order valence-corrected chi connectivity index (χ3v) is 7.12. The van der Waals surface area contributed by atoms with E-state index in [4.69, 9.17) is 14.2 Å². The van der Waals surface area contributed by atoms with E-state index in [1.165, 1.54) is 15.7 Å². The van der Waals surface area contributed by atoms with Gasteiger partial charge in [-0.15, -0.1) is 0 Å². The van der Waals surface area contributed by atoms with Crippen LogP contribution < -0.4 is 10.1 Å². The van der Waals surface area contributed by atoms with Gasteiger partial charge in [-0.3, -0.25) is 14.8 Å². The lowest BCUT2D eigenvalue weighted by atomic mass is 10.0. The summed E-state index contributed by atoms with van der Waals surface area (Å²) < 4.78 is 56.5. The second kappa shape index (κ2) is 11.1. The molecule has 2 fully saturated rings. The summed E-state index contributed by atoms with van der Waals surface area (Å²) in [5, 5.41) is 3.32. The highest BCUT2D eigenvalue weighted by Crippen LogP contribution is 2.43. The van der Waals surface area contributed by atoms with E-state index in [0.717, 1.165) is 19.3 Å². The summed E-state index contributed by atoms with van der Waals surface area (Å²) in [6.45, 7) is 11.3. The normalized spacial score (nSPS) is 21.9. The molecule has 1 aliphatic heterocycles. The second-order valence-electron chi connectivity index (χ2n) is 13.0. The van der Waals surface area contributed by atoms with Crippen molar-refractivity contribution in [2.75, 3.05) is 31.6 Å². The van der Waals surface area contributed by atoms with E-state index in [1.807, 2.05) is 0 Å². The van der Waals surface area contributed by atoms with Gasteiger partial charge < -0.3 is 14.2 Å². The molecule has 2 unspecified atom stereocenters. The third kappa shape index (κ3) is 8.05. The van der Waals surface area contributed by atoms with Gasteiger partial charge in [0.05, 0.1) is 24.4 Å². The number of fused-ring (bicyclic) bond motifs is 2. The van der Waals surface area contributed by atoms with E-state index in [2.05, 4.69) is 5.32 Å². The highest BCUT2D eigenvalue weighted by molar-refractivity contribution is 6.03. The number of amides is 1. The quantitative estimate of drug-likeness (QED) is 0.403. The molecule has 0 radical (unpaired) electrons. The third-order valence-electron chi connectivity index (χ3n) is 7.12. The zero-order valence-electron chi connectivity index (χ0n) is 24.1. The minimum atomic E-state index is -4.15. The van der Waals surface area contributed by atoms with Crippen molar-refractivity contribution < 1.29 is 37.0 Å². The molecule has 1 aromatic heterocycles. The molecule has 2 heterocycles. The molecule has 0 spiro atoms. The fraction of sp³-hybridized carbons (Fsp3) is 0.655. The average Bonchev–Trinajstić information content (AvgIpc) is 3.41. The van der Waals surface area contributed by atoms with Crippen molar-refractivity contribution in [1.82, 2.24) is 9.47 Å². The molecule has 2 atom stereocenters. The molecule has 4 rings (SSSR count). The molecule has 1 saturated heterocycles. The van der Waals surface area contributed by atoms with Gasteiger partial charge in [0, 0.05) is 24.7 Å². The van der Waals surface area contributed by atoms with Crippen LogP contribution in [0.15, 0.2) is 24.4 Å². The van der Waals surface area contributed by atoms with Crippen molar-refractivity contribution >= 4 is 28.8 Å². The van der Waals surface area contributed by atoms with Crippen LogP contribution in [0.4, 0.5) is 28.4 Å². The number of carbonyl (C=O) groups is 2. The van der Waals surface area contributed by atoms with Gasteiger partial charge >= 0.3 is 18.4 Å². The summed E-state index contributed by atoms with van der Waals surface area (Å²) in [6.07, 6.45) is -1.22. The largest absolute Gasteiger partial charge is 0.494 e. The smallest absolute Gasteiger partial charge is 0.419 e. The van der Waals surface area contributed by atoms with Crippen molar-refractivity contribution in [3.8, 4) is 5.75 Å². The standard InChI is InChI=1S/C29H40F3N3O5/c1-27(2,3)39-25(36)33-23-16-35(26(37)40-28(4,5)6)24-8-7-21(13-22(23)24)38-10-9-18-11-19-14-34(15-20(19)12-18)17-29(30,31)32/h7-8,13,16,18-20H,9-12,14-15,17H2,1-6H3,(H,33,36). The Labute approximate surface area is 233 Å². The Morgan fingerprint density at radius 3 is 2.17 bits per heavy atom. The number of benzene rings is 1. The van der Waals surface area contributed by atoms with Gasteiger partial charge in [0.15, 0.2) is 0 Å². The first-order chi connectivity index (χ1) is 18.5. The fourth-order valence-corrected chi connectivity index (χ4v) is 5.76. The number of hydrogen-bond donors (Lipinski definition) is 1. The lowest BCUT2D eigenvalue weighted by molar-refractivity contribution is -0.144. The second-order valence-corrected chi connectivity index (χ2v) is 13.0. The molecule has 40 heavy (non-hydrogen) atoms. The first-order valence-corrected chi connectivity index (χ1v) is 13.8.